The third-order valence-electron chi connectivity index (χ3n) is 1.67. The zero-order valence-corrected chi connectivity index (χ0v) is 10.6. The second-order valence-corrected chi connectivity index (χ2v) is 5.41. The molecule has 2 rings (SSSR count). The summed E-state index contributed by atoms with van der Waals surface area (Å²) in [7, 11) is 0. The highest BCUT2D eigenvalue weighted by Gasteiger charge is 2.05. The normalized spacial score (nSPS) is 10.4. The Hall–Kier alpha value is -1.21. The van der Waals surface area contributed by atoms with Gasteiger partial charge in [-0.15, -0.1) is 10.2 Å². The van der Waals surface area contributed by atoms with Crippen LogP contribution < -0.4 is 5.32 Å². The molecule has 0 saturated carbocycles. The fraction of sp³-hybridized carbons (Fsp3) is 0.333. The Labute approximate surface area is 102 Å². The maximum Gasteiger partial charge on any atom is 0.180 e. The van der Waals surface area contributed by atoms with Crippen LogP contribution >= 0.6 is 23.1 Å². The lowest BCUT2D eigenvalue weighted by Gasteiger charge is -2.02. The van der Waals surface area contributed by atoms with Crippen molar-refractivity contribution in [3.63, 3.8) is 0 Å². The predicted molar refractivity (Wildman–Crippen MR) is 65.0 cm³/mol. The highest BCUT2D eigenvalue weighted by Crippen LogP contribution is 2.28. The first kappa shape index (κ1) is 11.3. The van der Waals surface area contributed by atoms with Crippen molar-refractivity contribution in [2.24, 2.45) is 0 Å². The van der Waals surface area contributed by atoms with Gasteiger partial charge in [0.2, 0.25) is 0 Å². The first-order valence-corrected chi connectivity index (χ1v) is 6.45. The van der Waals surface area contributed by atoms with Gasteiger partial charge in [0.1, 0.15) is 15.9 Å². The summed E-state index contributed by atoms with van der Waals surface area (Å²) in [5.74, 6) is 0.786. The van der Waals surface area contributed by atoms with Crippen LogP contribution in [0.25, 0.3) is 0 Å². The zero-order valence-electron chi connectivity index (χ0n) is 8.97. The fourth-order valence-electron chi connectivity index (χ4n) is 1.07. The molecule has 0 bridgehead atoms. The van der Waals surface area contributed by atoms with Crippen LogP contribution in [-0.4, -0.2) is 26.7 Å². The molecule has 0 atom stereocenters. The van der Waals surface area contributed by atoms with Gasteiger partial charge >= 0.3 is 0 Å². The van der Waals surface area contributed by atoms with Gasteiger partial charge in [0.25, 0.3) is 0 Å². The minimum Gasteiger partial charge on any atom is -0.369 e. The summed E-state index contributed by atoms with van der Waals surface area (Å²) in [5, 5.41) is 12.9. The summed E-state index contributed by atoms with van der Waals surface area (Å²) in [6, 6.07) is 0. The Morgan fingerprint density at radius 3 is 2.94 bits per heavy atom. The Balaban J connectivity index is 2.12. The summed E-state index contributed by atoms with van der Waals surface area (Å²) in [6.07, 6.45) is 3.43. The van der Waals surface area contributed by atoms with Crippen LogP contribution in [0.4, 0.5) is 5.82 Å². The second kappa shape index (κ2) is 5.22. The smallest absolute Gasteiger partial charge is 0.180 e. The molecule has 7 heteroatoms. The van der Waals surface area contributed by atoms with Gasteiger partial charge < -0.3 is 5.32 Å². The molecule has 0 amide bonds. The number of aromatic nitrogens is 4. The molecule has 0 aromatic carbocycles. The highest BCUT2D eigenvalue weighted by atomic mass is 32.2. The monoisotopic (exact) mass is 253 g/mol. The molecule has 84 valence electrons. The number of nitrogens with one attached hydrogen (secondary N) is 1. The Kier molecular flexibility index (Phi) is 3.68. The summed E-state index contributed by atoms with van der Waals surface area (Å²) >= 11 is 3.03. The number of anilines is 1. The number of nitrogens with zero attached hydrogens (tertiary/aromatic N) is 4. The minimum atomic E-state index is 0.786. The zero-order chi connectivity index (χ0) is 11.4. The van der Waals surface area contributed by atoms with Gasteiger partial charge in [-0.25, -0.2) is 4.98 Å². The van der Waals surface area contributed by atoms with E-state index in [-0.39, 0.29) is 0 Å². The summed E-state index contributed by atoms with van der Waals surface area (Å²) < 4.78 is 0.889. The van der Waals surface area contributed by atoms with Crippen LogP contribution in [0.5, 0.6) is 0 Å². The van der Waals surface area contributed by atoms with E-state index in [4.69, 9.17) is 0 Å². The van der Waals surface area contributed by atoms with Gasteiger partial charge in [-0.05, 0) is 25.6 Å². The molecule has 5 nitrogen and oxygen atoms in total. The van der Waals surface area contributed by atoms with Gasteiger partial charge in [-0.1, -0.05) is 11.3 Å². The van der Waals surface area contributed by atoms with Crippen molar-refractivity contribution < 1.29 is 0 Å². The molecule has 0 spiro atoms. The van der Waals surface area contributed by atoms with Crippen molar-refractivity contribution in [3.8, 4) is 0 Å². The van der Waals surface area contributed by atoms with E-state index in [1.165, 1.54) is 11.8 Å². The van der Waals surface area contributed by atoms with Crippen LogP contribution in [0.3, 0.4) is 0 Å². The summed E-state index contributed by atoms with van der Waals surface area (Å²) in [6.45, 7) is 4.79. The molecule has 0 aliphatic carbocycles. The van der Waals surface area contributed by atoms with E-state index in [2.05, 4.69) is 25.5 Å². The van der Waals surface area contributed by atoms with E-state index >= 15 is 0 Å². The maximum atomic E-state index is 4.40. The third-order valence-corrected chi connectivity index (χ3v) is 3.47. The van der Waals surface area contributed by atoms with Gasteiger partial charge in [0.05, 0.1) is 12.4 Å². The van der Waals surface area contributed by atoms with Gasteiger partial charge in [-0.2, -0.15) is 0 Å². The number of rotatable bonds is 4. The molecular weight excluding hydrogens is 242 g/mol. The minimum absolute atomic E-state index is 0.786. The van der Waals surface area contributed by atoms with E-state index in [0.29, 0.717) is 0 Å². The fourth-order valence-corrected chi connectivity index (χ4v) is 2.79. The van der Waals surface area contributed by atoms with Crippen LogP contribution in [0, 0.1) is 6.92 Å². The molecule has 0 aliphatic heterocycles. The van der Waals surface area contributed by atoms with Crippen LogP contribution in [0.2, 0.25) is 0 Å². The molecule has 0 aliphatic rings. The molecule has 0 unspecified atom stereocenters. The molecule has 16 heavy (non-hydrogen) atoms. The van der Waals surface area contributed by atoms with E-state index in [1.807, 2.05) is 13.8 Å². The van der Waals surface area contributed by atoms with Crippen molar-refractivity contribution in [2.45, 2.75) is 23.2 Å². The average Bonchev–Trinajstić information content (AvgIpc) is 2.65. The van der Waals surface area contributed by atoms with Crippen molar-refractivity contribution in [1.29, 1.82) is 0 Å². The molecule has 2 heterocycles. The summed E-state index contributed by atoms with van der Waals surface area (Å²) in [5.41, 5.74) is 0. The topological polar surface area (TPSA) is 63.6 Å². The van der Waals surface area contributed by atoms with Gasteiger partial charge in [0, 0.05) is 6.54 Å². The highest BCUT2D eigenvalue weighted by molar-refractivity contribution is 8.01. The van der Waals surface area contributed by atoms with E-state index < -0.39 is 0 Å². The second-order valence-electron chi connectivity index (χ2n) is 2.96. The van der Waals surface area contributed by atoms with Crippen molar-refractivity contribution in [1.82, 2.24) is 20.2 Å². The van der Waals surface area contributed by atoms with Crippen LogP contribution in [0.15, 0.2) is 21.8 Å². The maximum absolute atomic E-state index is 4.40. The third kappa shape index (κ3) is 2.89. The van der Waals surface area contributed by atoms with Crippen molar-refractivity contribution >= 4 is 28.9 Å². The van der Waals surface area contributed by atoms with Crippen LogP contribution in [0.1, 0.15) is 11.9 Å². The predicted octanol–water partition coefficient (Wildman–Crippen LogP) is 2.22. The van der Waals surface area contributed by atoms with Crippen molar-refractivity contribution in [3.05, 3.63) is 17.4 Å². The van der Waals surface area contributed by atoms with E-state index in [0.717, 1.165) is 26.7 Å². The van der Waals surface area contributed by atoms with Gasteiger partial charge in [-0.3, -0.25) is 4.98 Å². The van der Waals surface area contributed by atoms with Gasteiger partial charge in [0.15, 0.2) is 4.34 Å². The average molecular weight is 253 g/mol. The number of aryl methyl sites for hydroxylation is 1. The molecular formula is C9H11N5S2. The lowest BCUT2D eigenvalue weighted by Crippen LogP contribution is -2.00. The van der Waals surface area contributed by atoms with Crippen molar-refractivity contribution in [2.75, 3.05) is 11.9 Å². The molecule has 1 N–H and O–H groups in total. The molecule has 0 radical (unpaired) electrons. The largest absolute Gasteiger partial charge is 0.369 e. The Bertz CT molecular complexity index is 470. The molecule has 2 aromatic rings. The summed E-state index contributed by atoms with van der Waals surface area (Å²) in [4.78, 5) is 8.51. The van der Waals surface area contributed by atoms with E-state index in [9.17, 15) is 0 Å². The molecule has 2 aromatic heterocycles. The first-order valence-electron chi connectivity index (χ1n) is 4.82. The standard InChI is InChI=1S/C9H11N5S2/c1-3-11-7-4-10-5-8(12-7)16-9-14-13-6(2)15-9/h4-5H,3H2,1-2H3,(H,11,12). The Morgan fingerprint density at radius 1 is 1.38 bits per heavy atom. The van der Waals surface area contributed by atoms with Crippen LogP contribution in [-0.2, 0) is 0 Å². The lowest BCUT2D eigenvalue weighted by molar-refractivity contribution is 0.976. The first-order chi connectivity index (χ1) is 7.78. The lowest BCUT2D eigenvalue weighted by atomic mass is 10.6. The number of hydrogen-bond donors (Lipinski definition) is 1. The quantitative estimate of drug-likeness (QED) is 0.901. The Morgan fingerprint density at radius 2 is 2.25 bits per heavy atom. The SMILES string of the molecule is CCNc1cncc(Sc2nnc(C)s2)n1. The van der Waals surface area contributed by atoms with E-state index in [1.54, 1.807) is 23.7 Å². The molecule has 0 fully saturated rings. The number of hydrogen-bond acceptors (Lipinski definition) is 7. The molecule has 0 saturated heterocycles.